The molecule has 0 saturated carbocycles. The van der Waals surface area contributed by atoms with Crippen LogP contribution < -0.4 is 4.72 Å². The van der Waals surface area contributed by atoms with Crippen molar-refractivity contribution in [1.29, 1.82) is 0 Å². The van der Waals surface area contributed by atoms with E-state index >= 15 is 0 Å². The zero-order valence-electron chi connectivity index (χ0n) is 11.8. The molecule has 1 atom stereocenters. The third-order valence-corrected chi connectivity index (χ3v) is 5.67. The number of sulfonamides is 1. The van der Waals surface area contributed by atoms with Crippen molar-refractivity contribution < 1.29 is 13.5 Å². The molecule has 0 spiro atoms. The zero-order valence-corrected chi connectivity index (χ0v) is 13.5. The summed E-state index contributed by atoms with van der Waals surface area (Å²) >= 11 is 1.42. The molecule has 2 aromatic rings. The van der Waals surface area contributed by atoms with E-state index in [0.717, 1.165) is 15.3 Å². The van der Waals surface area contributed by atoms with E-state index in [2.05, 4.69) is 4.72 Å². The average Bonchev–Trinajstić information content (AvgIpc) is 2.94. The maximum Gasteiger partial charge on any atom is 0.211 e. The van der Waals surface area contributed by atoms with Crippen molar-refractivity contribution in [1.82, 2.24) is 4.72 Å². The van der Waals surface area contributed by atoms with E-state index in [1.165, 1.54) is 11.3 Å². The fraction of sp³-hybridized carbons (Fsp3) is 0.333. The third kappa shape index (κ3) is 4.64. The Bertz CT molecular complexity index is 665. The van der Waals surface area contributed by atoms with Crippen LogP contribution in [0.5, 0.6) is 0 Å². The molecule has 4 nitrogen and oxygen atoms in total. The Kier molecular flexibility index (Phi) is 5.52. The second-order valence-corrected chi connectivity index (χ2v) is 7.88. The average molecular weight is 325 g/mol. The van der Waals surface area contributed by atoms with Crippen LogP contribution in [0.15, 0.2) is 42.5 Å². The van der Waals surface area contributed by atoms with Crippen molar-refractivity contribution in [3.8, 4) is 0 Å². The van der Waals surface area contributed by atoms with E-state index in [1.54, 1.807) is 0 Å². The van der Waals surface area contributed by atoms with Gasteiger partial charge in [0.15, 0.2) is 0 Å². The molecule has 114 valence electrons. The Labute approximate surface area is 129 Å². The maximum atomic E-state index is 11.6. The smallest absolute Gasteiger partial charge is 0.211 e. The molecule has 1 unspecified atom stereocenters. The fourth-order valence-electron chi connectivity index (χ4n) is 1.96. The van der Waals surface area contributed by atoms with Gasteiger partial charge in [-0.2, -0.15) is 0 Å². The van der Waals surface area contributed by atoms with Gasteiger partial charge >= 0.3 is 0 Å². The van der Waals surface area contributed by atoms with Gasteiger partial charge in [-0.3, -0.25) is 0 Å². The largest absolute Gasteiger partial charge is 0.383 e. The maximum absolute atomic E-state index is 11.6. The molecule has 0 bridgehead atoms. The van der Waals surface area contributed by atoms with Crippen LogP contribution in [0.2, 0.25) is 0 Å². The van der Waals surface area contributed by atoms with Crippen LogP contribution in [-0.4, -0.2) is 19.3 Å². The number of aliphatic hydroxyl groups is 1. The molecule has 0 fully saturated rings. The van der Waals surface area contributed by atoms with Crippen LogP contribution in [0, 0.1) is 0 Å². The van der Waals surface area contributed by atoms with Crippen LogP contribution >= 0.6 is 11.3 Å². The van der Waals surface area contributed by atoms with Crippen LogP contribution in [0.3, 0.4) is 0 Å². The van der Waals surface area contributed by atoms with Crippen molar-refractivity contribution in [2.24, 2.45) is 0 Å². The monoisotopic (exact) mass is 325 g/mol. The highest BCUT2D eigenvalue weighted by atomic mass is 32.2. The van der Waals surface area contributed by atoms with Gasteiger partial charge in [-0.15, -0.1) is 11.3 Å². The normalized spacial score (nSPS) is 13.2. The lowest BCUT2D eigenvalue weighted by molar-refractivity contribution is 0.224. The van der Waals surface area contributed by atoms with Crippen molar-refractivity contribution in [3.05, 3.63) is 57.8 Å². The molecule has 1 aromatic carbocycles. The molecule has 1 heterocycles. The van der Waals surface area contributed by atoms with Gasteiger partial charge in [0.1, 0.15) is 6.10 Å². The van der Waals surface area contributed by atoms with Gasteiger partial charge in [0.2, 0.25) is 10.0 Å². The van der Waals surface area contributed by atoms with Crippen LogP contribution in [-0.2, 0) is 16.6 Å². The van der Waals surface area contributed by atoms with E-state index < -0.39 is 16.1 Å². The molecular formula is C15H19NO3S2. The van der Waals surface area contributed by atoms with Gasteiger partial charge in [0.25, 0.3) is 0 Å². The molecule has 0 aliphatic rings. The molecule has 0 saturated heterocycles. The molecule has 2 N–H and O–H groups in total. The Hall–Kier alpha value is -1.21. The van der Waals surface area contributed by atoms with Gasteiger partial charge in [-0.25, -0.2) is 13.1 Å². The number of benzene rings is 1. The number of thiophene rings is 1. The fourth-order valence-corrected chi connectivity index (χ4v) is 4.07. The van der Waals surface area contributed by atoms with E-state index in [9.17, 15) is 13.5 Å². The Morgan fingerprint density at radius 1 is 1.19 bits per heavy atom. The molecule has 1 aromatic heterocycles. The van der Waals surface area contributed by atoms with Crippen molar-refractivity contribution in [2.75, 3.05) is 5.75 Å². The van der Waals surface area contributed by atoms with E-state index in [1.807, 2.05) is 49.4 Å². The molecule has 0 radical (unpaired) electrons. The number of aliphatic hydroxyl groups excluding tert-OH is 1. The third-order valence-electron chi connectivity index (χ3n) is 3.01. The highest BCUT2D eigenvalue weighted by Crippen LogP contribution is 2.28. The molecule has 0 aliphatic carbocycles. The highest BCUT2D eigenvalue weighted by Gasteiger charge is 2.14. The lowest BCUT2D eigenvalue weighted by Crippen LogP contribution is -2.25. The van der Waals surface area contributed by atoms with E-state index in [4.69, 9.17) is 0 Å². The Balaban J connectivity index is 2.02. The summed E-state index contributed by atoms with van der Waals surface area (Å²) in [7, 11) is -3.20. The molecule has 0 aliphatic heterocycles. The van der Waals surface area contributed by atoms with Gasteiger partial charge < -0.3 is 5.11 Å². The Morgan fingerprint density at radius 3 is 2.57 bits per heavy atom. The minimum absolute atomic E-state index is 0.137. The number of hydrogen-bond acceptors (Lipinski definition) is 4. The lowest BCUT2D eigenvalue weighted by Gasteiger charge is -2.08. The minimum Gasteiger partial charge on any atom is -0.383 e. The molecule has 0 amide bonds. The van der Waals surface area contributed by atoms with Crippen LogP contribution in [0.4, 0.5) is 0 Å². The first-order valence-electron chi connectivity index (χ1n) is 6.81. The van der Waals surface area contributed by atoms with Crippen molar-refractivity contribution >= 4 is 21.4 Å². The Morgan fingerprint density at radius 2 is 1.90 bits per heavy atom. The summed E-state index contributed by atoms with van der Waals surface area (Å²) in [5.74, 6) is 0.137. The second-order valence-electron chi connectivity index (χ2n) is 4.76. The van der Waals surface area contributed by atoms with E-state index in [0.29, 0.717) is 6.42 Å². The number of rotatable bonds is 7. The highest BCUT2D eigenvalue weighted by molar-refractivity contribution is 7.89. The predicted molar refractivity (Wildman–Crippen MR) is 85.7 cm³/mol. The summed E-state index contributed by atoms with van der Waals surface area (Å²) in [5.41, 5.74) is 0.831. The predicted octanol–water partition coefficient (Wildman–Crippen LogP) is 2.66. The standard InChI is InChI=1S/C15H19NO3S2/c1-2-10-21(18,19)16-11-13-8-9-14(20-13)15(17)12-6-4-3-5-7-12/h3-9,15-17H,2,10-11H2,1H3. The first-order valence-corrected chi connectivity index (χ1v) is 9.27. The van der Waals surface area contributed by atoms with Crippen LogP contribution in [0.1, 0.15) is 34.8 Å². The summed E-state index contributed by atoms with van der Waals surface area (Å²) in [6.07, 6.45) is -0.0743. The SMILES string of the molecule is CCCS(=O)(=O)NCc1ccc(C(O)c2ccccc2)s1. The van der Waals surface area contributed by atoms with Gasteiger partial charge in [-0.1, -0.05) is 37.3 Å². The topological polar surface area (TPSA) is 66.4 Å². The first kappa shape index (κ1) is 16.2. The van der Waals surface area contributed by atoms with Gasteiger partial charge in [0, 0.05) is 16.3 Å². The molecule has 6 heteroatoms. The molecular weight excluding hydrogens is 306 g/mol. The quantitative estimate of drug-likeness (QED) is 0.822. The van der Waals surface area contributed by atoms with Gasteiger partial charge in [0.05, 0.1) is 5.75 Å². The van der Waals surface area contributed by atoms with E-state index in [-0.39, 0.29) is 12.3 Å². The molecule has 2 rings (SSSR count). The van der Waals surface area contributed by atoms with Crippen molar-refractivity contribution in [2.45, 2.75) is 26.0 Å². The second kappa shape index (κ2) is 7.17. The molecule has 21 heavy (non-hydrogen) atoms. The first-order chi connectivity index (χ1) is 10.0. The zero-order chi connectivity index (χ0) is 15.3. The van der Waals surface area contributed by atoms with Gasteiger partial charge in [-0.05, 0) is 24.1 Å². The minimum atomic E-state index is -3.20. The summed E-state index contributed by atoms with van der Waals surface area (Å²) in [5, 5.41) is 10.3. The van der Waals surface area contributed by atoms with Crippen LogP contribution in [0.25, 0.3) is 0 Å². The summed E-state index contributed by atoms with van der Waals surface area (Å²) in [6.45, 7) is 2.10. The lowest BCUT2D eigenvalue weighted by atomic mass is 10.1. The number of hydrogen-bond donors (Lipinski definition) is 2. The number of nitrogens with one attached hydrogen (secondary N) is 1. The summed E-state index contributed by atoms with van der Waals surface area (Å²) in [4.78, 5) is 1.70. The van der Waals surface area contributed by atoms with Crippen molar-refractivity contribution in [3.63, 3.8) is 0 Å². The summed E-state index contributed by atoms with van der Waals surface area (Å²) < 4.78 is 25.8. The summed E-state index contributed by atoms with van der Waals surface area (Å²) in [6, 6.07) is 13.1.